The fraction of sp³-hybridized carbons (Fsp3) is 0.273. The maximum absolute atomic E-state index is 5.69. The van der Waals surface area contributed by atoms with Crippen molar-refractivity contribution >= 4 is 33.2 Å². The normalized spacial score (nSPS) is 11.3. The first-order chi connectivity index (χ1) is 12.4. The van der Waals surface area contributed by atoms with Gasteiger partial charge in [-0.1, -0.05) is 39.8 Å². The standard InChI is InChI=1S/2C11H14N2/c2*1-7(2)10-6-13-11-5-8(12)3-4-9(10)11/h2*3-7,13H,12H2,1-2H3. The Kier molecular flexibility index (Phi) is 4.94. The summed E-state index contributed by atoms with van der Waals surface area (Å²) < 4.78 is 0. The number of aromatic amines is 2. The summed E-state index contributed by atoms with van der Waals surface area (Å²) in [5, 5.41) is 2.56. The quantitative estimate of drug-likeness (QED) is 0.348. The molecule has 0 saturated carbocycles. The van der Waals surface area contributed by atoms with Gasteiger partial charge in [0.05, 0.1) is 0 Å². The van der Waals surface area contributed by atoms with Gasteiger partial charge in [0.2, 0.25) is 0 Å². The summed E-state index contributed by atoms with van der Waals surface area (Å²) in [7, 11) is 0. The predicted octanol–water partition coefficient (Wildman–Crippen LogP) is 5.75. The number of benzene rings is 2. The lowest BCUT2D eigenvalue weighted by molar-refractivity contribution is 0.875. The van der Waals surface area contributed by atoms with Crippen LogP contribution < -0.4 is 11.5 Å². The first kappa shape index (κ1) is 17.9. The van der Waals surface area contributed by atoms with Gasteiger partial charge in [0.15, 0.2) is 0 Å². The number of H-pyrrole nitrogens is 2. The molecule has 4 nitrogen and oxygen atoms in total. The highest BCUT2D eigenvalue weighted by Crippen LogP contribution is 2.27. The first-order valence-corrected chi connectivity index (χ1v) is 9.09. The molecule has 2 heterocycles. The van der Waals surface area contributed by atoms with Crippen molar-refractivity contribution in [1.82, 2.24) is 9.97 Å². The molecule has 0 bridgehead atoms. The van der Waals surface area contributed by atoms with Crippen LogP contribution in [-0.4, -0.2) is 9.97 Å². The van der Waals surface area contributed by atoms with Crippen LogP contribution in [-0.2, 0) is 0 Å². The van der Waals surface area contributed by atoms with E-state index < -0.39 is 0 Å². The minimum atomic E-state index is 0.553. The number of nitrogen functional groups attached to an aromatic ring is 2. The van der Waals surface area contributed by atoms with Crippen LogP contribution in [0, 0.1) is 0 Å². The van der Waals surface area contributed by atoms with Crippen LogP contribution in [0.25, 0.3) is 21.8 Å². The third-order valence-electron chi connectivity index (χ3n) is 4.72. The SMILES string of the molecule is CC(C)c1c[nH]c2cc(N)ccc12.CC(C)c1c[nH]c2cc(N)ccc12. The zero-order chi connectivity index (χ0) is 18.8. The van der Waals surface area contributed by atoms with Gasteiger partial charge in [-0.25, -0.2) is 0 Å². The van der Waals surface area contributed by atoms with Crippen molar-refractivity contribution in [3.05, 3.63) is 59.9 Å². The second kappa shape index (κ2) is 7.16. The Morgan fingerprint density at radius 1 is 0.654 bits per heavy atom. The lowest BCUT2D eigenvalue weighted by Crippen LogP contribution is -1.85. The molecule has 26 heavy (non-hydrogen) atoms. The van der Waals surface area contributed by atoms with Crippen molar-refractivity contribution in [2.75, 3.05) is 11.5 Å². The topological polar surface area (TPSA) is 83.6 Å². The van der Waals surface area contributed by atoms with Crippen molar-refractivity contribution in [1.29, 1.82) is 0 Å². The Hall–Kier alpha value is -2.88. The van der Waals surface area contributed by atoms with Crippen molar-refractivity contribution in [2.45, 2.75) is 39.5 Å². The molecule has 0 amide bonds. The van der Waals surface area contributed by atoms with Crippen LogP contribution in [0.2, 0.25) is 0 Å². The van der Waals surface area contributed by atoms with E-state index in [0.29, 0.717) is 11.8 Å². The van der Waals surface area contributed by atoms with Gasteiger partial charge in [0, 0.05) is 45.6 Å². The second-order valence-electron chi connectivity index (χ2n) is 7.41. The maximum atomic E-state index is 5.69. The summed E-state index contributed by atoms with van der Waals surface area (Å²) in [5.41, 5.74) is 18.0. The summed E-state index contributed by atoms with van der Waals surface area (Å²) in [6, 6.07) is 12.0. The van der Waals surface area contributed by atoms with Crippen LogP contribution in [0.5, 0.6) is 0 Å². The number of rotatable bonds is 2. The van der Waals surface area contributed by atoms with Gasteiger partial charge >= 0.3 is 0 Å². The molecule has 136 valence electrons. The van der Waals surface area contributed by atoms with E-state index in [9.17, 15) is 0 Å². The highest BCUT2D eigenvalue weighted by atomic mass is 14.7. The van der Waals surface area contributed by atoms with E-state index in [-0.39, 0.29) is 0 Å². The van der Waals surface area contributed by atoms with Gasteiger partial charge in [0.1, 0.15) is 0 Å². The lowest BCUT2D eigenvalue weighted by atomic mass is 10.0. The Bertz CT molecular complexity index is 937. The van der Waals surface area contributed by atoms with E-state index in [1.54, 1.807) is 0 Å². The van der Waals surface area contributed by atoms with Crippen LogP contribution >= 0.6 is 0 Å². The Morgan fingerprint density at radius 2 is 1.04 bits per heavy atom. The molecule has 0 spiro atoms. The number of hydrogen-bond donors (Lipinski definition) is 4. The summed E-state index contributed by atoms with van der Waals surface area (Å²) in [6.45, 7) is 8.77. The average molecular weight is 348 g/mol. The number of aromatic nitrogens is 2. The van der Waals surface area contributed by atoms with Crippen LogP contribution in [0.3, 0.4) is 0 Å². The van der Waals surface area contributed by atoms with E-state index >= 15 is 0 Å². The zero-order valence-corrected chi connectivity index (χ0v) is 15.9. The summed E-state index contributed by atoms with van der Waals surface area (Å²) in [5.74, 6) is 1.11. The van der Waals surface area contributed by atoms with Gasteiger partial charge in [0.25, 0.3) is 0 Å². The molecule has 0 radical (unpaired) electrons. The van der Waals surface area contributed by atoms with E-state index in [4.69, 9.17) is 11.5 Å². The molecule has 2 aromatic carbocycles. The molecule has 2 aromatic heterocycles. The third-order valence-corrected chi connectivity index (χ3v) is 4.72. The van der Waals surface area contributed by atoms with Crippen LogP contribution in [0.1, 0.15) is 50.7 Å². The molecule has 0 unspecified atom stereocenters. The molecule has 0 atom stereocenters. The highest BCUT2D eigenvalue weighted by molar-refractivity contribution is 5.87. The zero-order valence-electron chi connectivity index (χ0n) is 15.9. The van der Waals surface area contributed by atoms with E-state index in [1.165, 1.54) is 21.9 Å². The van der Waals surface area contributed by atoms with Gasteiger partial charge < -0.3 is 21.4 Å². The Morgan fingerprint density at radius 3 is 1.38 bits per heavy atom. The number of anilines is 2. The summed E-state index contributed by atoms with van der Waals surface area (Å²) in [4.78, 5) is 6.46. The Labute approximate surface area is 154 Å². The molecule has 4 rings (SSSR count). The molecule has 0 aliphatic heterocycles. The van der Waals surface area contributed by atoms with Crippen LogP contribution in [0.4, 0.5) is 11.4 Å². The molecule has 0 aliphatic rings. The number of hydrogen-bond acceptors (Lipinski definition) is 2. The van der Waals surface area contributed by atoms with Gasteiger partial charge in [-0.05, 0) is 47.2 Å². The van der Waals surface area contributed by atoms with E-state index in [0.717, 1.165) is 22.4 Å². The second-order valence-corrected chi connectivity index (χ2v) is 7.41. The lowest BCUT2D eigenvalue weighted by Gasteiger charge is -2.01. The highest BCUT2D eigenvalue weighted by Gasteiger charge is 2.07. The van der Waals surface area contributed by atoms with Crippen molar-refractivity contribution in [2.24, 2.45) is 0 Å². The molecule has 4 aromatic rings. The number of nitrogens with two attached hydrogens (primary N) is 2. The predicted molar refractivity (Wildman–Crippen MR) is 114 cm³/mol. The molecule has 0 saturated heterocycles. The monoisotopic (exact) mass is 348 g/mol. The number of fused-ring (bicyclic) bond motifs is 2. The maximum Gasteiger partial charge on any atom is 0.0477 e. The van der Waals surface area contributed by atoms with Crippen molar-refractivity contribution < 1.29 is 0 Å². The minimum Gasteiger partial charge on any atom is -0.399 e. The first-order valence-electron chi connectivity index (χ1n) is 9.09. The minimum absolute atomic E-state index is 0.553. The van der Waals surface area contributed by atoms with E-state index in [1.807, 2.05) is 24.3 Å². The largest absolute Gasteiger partial charge is 0.399 e. The van der Waals surface area contributed by atoms with Crippen molar-refractivity contribution in [3.63, 3.8) is 0 Å². The Balaban J connectivity index is 0.000000151. The fourth-order valence-corrected chi connectivity index (χ4v) is 3.29. The molecule has 0 fully saturated rings. The van der Waals surface area contributed by atoms with Gasteiger partial charge in [-0.15, -0.1) is 0 Å². The smallest absolute Gasteiger partial charge is 0.0477 e. The molecular formula is C22H28N4. The molecule has 6 N–H and O–H groups in total. The van der Waals surface area contributed by atoms with Crippen LogP contribution in [0.15, 0.2) is 48.8 Å². The summed E-state index contributed by atoms with van der Waals surface area (Å²) in [6.07, 6.45) is 4.13. The third kappa shape index (κ3) is 3.54. The fourth-order valence-electron chi connectivity index (χ4n) is 3.29. The van der Waals surface area contributed by atoms with Crippen molar-refractivity contribution in [3.8, 4) is 0 Å². The molecule has 0 aliphatic carbocycles. The number of nitrogens with one attached hydrogen (secondary N) is 2. The molecular weight excluding hydrogens is 320 g/mol. The molecule has 4 heteroatoms. The van der Waals surface area contributed by atoms with Gasteiger partial charge in [-0.2, -0.15) is 0 Å². The van der Waals surface area contributed by atoms with Gasteiger partial charge in [-0.3, -0.25) is 0 Å². The van der Waals surface area contributed by atoms with E-state index in [2.05, 4.69) is 62.2 Å². The average Bonchev–Trinajstić information content (AvgIpc) is 3.18. The summed E-state index contributed by atoms with van der Waals surface area (Å²) >= 11 is 0.